The molecule has 1 N–H and O–H groups in total. The van der Waals surface area contributed by atoms with Gasteiger partial charge in [0.15, 0.2) is 11.5 Å². The zero-order valence-corrected chi connectivity index (χ0v) is 9.26. The van der Waals surface area contributed by atoms with Crippen LogP contribution in [-0.4, -0.2) is 34.6 Å². The summed E-state index contributed by atoms with van der Waals surface area (Å²) < 4.78 is 0. The van der Waals surface area contributed by atoms with Crippen molar-refractivity contribution in [3.8, 4) is 0 Å². The smallest absolute Gasteiger partial charge is 0.358 e. The van der Waals surface area contributed by atoms with Gasteiger partial charge in [-0.25, -0.2) is 14.8 Å². The third-order valence-corrected chi connectivity index (χ3v) is 2.14. The summed E-state index contributed by atoms with van der Waals surface area (Å²) in [6, 6.07) is 0. The maximum absolute atomic E-state index is 10.9. The van der Waals surface area contributed by atoms with Gasteiger partial charge in [0, 0.05) is 26.0 Å². The summed E-state index contributed by atoms with van der Waals surface area (Å²) in [6.07, 6.45) is 6.52. The van der Waals surface area contributed by atoms with Crippen LogP contribution >= 0.6 is 0 Å². The molecule has 16 heavy (non-hydrogen) atoms. The first-order valence-corrected chi connectivity index (χ1v) is 5.03. The van der Waals surface area contributed by atoms with E-state index in [1.54, 1.807) is 11.9 Å². The van der Waals surface area contributed by atoms with Gasteiger partial charge in [0.05, 0.1) is 0 Å². The van der Waals surface area contributed by atoms with E-state index in [-0.39, 0.29) is 5.69 Å². The lowest BCUT2D eigenvalue weighted by molar-refractivity contribution is 0.0691. The van der Waals surface area contributed by atoms with Crippen LogP contribution in [0.5, 0.6) is 0 Å². The monoisotopic (exact) mass is 221 g/mol. The third kappa shape index (κ3) is 3.05. The van der Waals surface area contributed by atoms with Crippen molar-refractivity contribution < 1.29 is 9.90 Å². The molecule has 0 unspecified atom stereocenters. The molecule has 0 atom stereocenters. The van der Waals surface area contributed by atoms with Gasteiger partial charge < -0.3 is 10.0 Å². The van der Waals surface area contributed by atoms with Crippen LogP contribution in [0.25, 0.3) is 0 Å². The molecular weight excluding hydrogens is 206 g/mol. The van der Waals surface area contributed by atoms with Gasteiger partial charge in [-0.1, -0.05) is 6.08 Å². The molecule has 1 rings (SSSR count). The number of carbonyl (C=O) groups is 1. The van der Waals surface area contributed by atoms with E-state index in [1.807, 2.05) is 6.08 Å². The molecule has 0 aliphatic carbocycles. The topological polar surface area (TPSA) is 66.3 Å². The molecule has 0 aromatic carbocycles. The lowest BCUT2D eigenvalue weighted by Gasteiger charge is -2.18. The number of aromatic carboxylic acids is 1. The Balaban J connectivity index is 2.77. The molecule has 0 radical (unpaired) electrons. The highest BCUT2D eigenvalue weighted by Gasteiger charge is 2.15. The summed E-state index contributed by atoms with van der Waals surface area (Å²) in [5.74, 6) is -0.655. The molecule has 1 aromatic rings. The summed E-state index contributed by atoms with van der Waals surface area (Å²) in [4.78, 5) is 20.5. The number of unbranched alkanes of at least 4 members (excludes halogenated alkanes) is 1. The Bertz CT molecular complexity index is 379. The van der Waals surface area contributed by atoms with Crippen molar-refractivity contribution in [3.63, 3.8) is 0 Å². The largest absolute Gasteiger partial charge is 0.476 e. The lowest BCUT2D eigenvalue weighted by Crippen LogP contribution is -2.23. The average molecular weight is 221 g/mol. The zero-order chi connectivity index (χ0) is 12.0. The Morgan fingerprint density at radius 3 is 2.88 bits per heavy atom. The maximum Gasteiger partial charge on any atom is 0.358 e. The van der Waals surface area contributed by atoms with E-state index in [1.165, 1.54) is 12.4 Å². The second-order valence-electron chi connectivity index (χ2n) is 3.39. The molecule has 5 heteroatoms. The van der Waals surface area contributed by atoms with Gasteiger partial charge in [-0.15, -0.1) is 6.58 Å². The van der Waals surface area contributed by atoms with E-state index >= 15 is 0 Å². The van der Waals surface area contributed by atoms with E-state index in [0.717, 1.165) is 19.4 Å². The van der Waals surface area contributed by atoms with Crippen molar-refractivity contribution in [1.82, 2.24) is 9.97 Å². The number of allylic oxidation sites excluding steroid dienone is 1. The van der Waals surface area contributed by atoms with E-state index in [4.69, 9.17) is 5.11 Å². The van der Waals surface area contributed by atoms with Gasteiger partial charge in [-0.2, -0.15) is 0 Å². The van der Waals surface area contributed by atoms with Crippen molar-refractivity contribution in [3.05, 3.63) is 30.7 Å². The number of anilines is 1. The molecule has 0 fully saturated rings. The summed E-state index contributed by atoms with van der Waals surface area (Å²) >= 11 is 0. The number of carboxylic acids is 1. The SMILES string of the molecule is C=CCCCN(C)c1nccnc1C(=O)O. The first-order valence-electron chi connectivity index (χ1n) is 5.03. The highest BCUT2D eigenvalue weighted by atomic mass is 16.4. The van der Waals surface area contributed by atoms with Gasteiger partial charge in [-0.3, -0.25) is 0 Å². The first-order chi connectivity index (χ1) is 7.66. The van der Waals surface area contributed by atoms with Gasteiger partial charge in [-0.05, 0) is 12.8 Å². The first kappa shape index (κ1) is 12.2. The molecule has 0 saturated heterocycles. The third-order valence-electron chi connectivity index (χ3n) is 2.14. The van der Waals surface area contributed by atoms with Crippen LogP contribution in [-0.2, 0) is 0 Å². The predicted octanol–water partition coefficient (Wildman–Crippen LogP) is 1.58. The predicted molar refractivity (Wildman–Crippen MR) is 61.7 cm³/mol. The van der Waals surface area contributed by atoms with E-state index in [2.05, 4.69) is 16.5 Å². The van der Waals surface area contributed by atoms with Crippen LogP contribution in [0, 0.1) is 0 Å². The molecule has 5 nitrogen and oxygen atoms in total. The van der Waals surface area contributed by atoms with E-state index in [9.17, 15) is 4.79 Å². The Morgan fingerprint density at radius 2 is 2.25 bits per heavy atom. The van der Waals surface area contributed by atoms with Crippen LogP contribution in [0.3, 0.4) is 0 Å². The number of rotatable bonds is 6. The van der Waals surface area contributed by atoms with Gasteiger partial charge >= 0.3 is 5.97 Å². The zero-order valence-electron chi connectivity index (χ0n) is 9.26. The van der Waals surface area contributed by atoms with Crippen LogP contribution in [0.1, 0.15) is 23.3 Å². The fraction of sp³-hybridized carbons (Fsp3) is 0.364. The van der Waals surface area contributed by atoms with Gasteiger partial charge in [0.1, 0.15) is 0 Å². The van der Waals surface area contributed by atoms with Crippen molar-refractivity contribution in [2.24, 2.45) is 0 Å². The minimum absolute atomic E-state index is 0.0106. The Labute approximate surface area is 94.5 Å². The Hall–Kier alpha value is -1.91. The van der Waals surface area contributed by atoms with Crippen molar-refractivity contribution in [2.45, 2.75) is 12.8 Å². The van der Waals surface area contributed by atoms with Crippen LogP contribution in [0.15, 0.2) is 25.0 Å². The average Bonchev–Trinajstić information content (AvgIpc) is 2.29. The molecule has 0 amide bonds. The standard InChI is InChI=1S/C11H15N3O2/c1-3-4-5-8-14(2)10-9(11(15)16)12-6-7-13-10/h3,6-7H,1,4-5,8H2,2H3,(H,15,16). The molecule has 1 heterocycles. The van der Waals surface area contributed by atoms with Crippen LogP contribution < -0.4 is 4.90 Å². The molecule has 0 aliphatic heterocycles. The van der Waals surface area contributed by atoms with Crippen molar-refractivity contribution in [1.29, 1.82) is 0 Å². The van der Waals surface area contributed by atoms with E-state index in [0.29, 0.717) is 5.82 Å². The number of aromatic nitrogens is 2. The summed E-state index contributed by atoms with van der Waals surface area (Å²) in [5.41, 5.74) is -0.0106. The molecule has 0 aliphatic rings. The van der Waals surface area contributed by atoms with Crippen molar-refractivity contribution >= 4 is 11.8 Å². The molecule has 1 aromatic heterocycles. The van der Waals surface area contributed by atoms with Gasteiger partial charge in [0.2, 0.25) is 0 Å². The highest BCUT2D eigenvalue weighted by molar-refractivity contribution is 5.90. The summed E-state index contributed by atoms with van der Waals surface area (Å²) in [7, 11) is 1.81. The number of carboxylic acid groups (broad SMARTS) is 1. The lowest BCUT2D eigenvalue weighted by atomic mass is 10.3. The van der Waals surface area contributed by atoms with E-state index < -0.39 is 5.97 Å². The summed E-state index contributed by atoms with van der Waals surface area (Å²) in [5, 5.41) is 8.94. The van der Waals surface area contributed by atoms with Crippen LogP contribution in [0.4, 0.5) is 5.82 Å². The minimum atomic E-state index is -1.06. The quantitative estimate of drug-likeness (QED) is 0.583. The fourth-order valence-electron chi connectivity index (χ4n) is 1.34. The molecule has 0 spiro atoms. The molecule has 86 valence electrons. The molecule has 0 saturated carbocycles. The number of nitrogens with zero attached hydrogens (tertiary/aromatic N) is 3. The highest BCUT2D eigenvalue weighted by Crippen LogP contribution is 2.13. The Kier molecular flexibility index (Phi) is 4.44. The summed E-state index contributed by atoms with van der Waals surface area (Å²) in [6.45, 7) is 4.36. The molecular formula is C11H15N3O2. The maximum atomic E-state index is 10.9. The second kappa shape index (κ2) is 5.85. The fourth-order valence-corrected chi connectivity index (χ4v) is 1.34. The number of hydrogen-bond donors (Lipinski definition) is 1. The number of hydrogen-bond acceptors (Lipinski definition) is 4. The Morgan fingerprint density at radius 1 is 1.56 bits per heavy atom. The second-order valence-corrected chi connectivity index (χ2v) is 3.39. The minimum Gasteiger partial charge on any atom is -0.476 e. The van der Waals surface area contributed by atoms with Gasteiger partial charge in [0.25, 0.3) is 0 Å². The normalized spacial score (nSPS) is 9.81. The van der Waals surface area contributed by atoms with Crippen LogP contribution in [0.2, 0.25) is 0 Å². The molecule has 0 bridgehead atoms. The van der Waals surface area contributed by atoms with Crippen molar-refractivity contribution in [2.75, 3.05) is 18.5 Å².